The van der Waals surface area contributed by atoms with Crippen LogP contribution < -0.4 is 0 Å². The van der Waals surface area contributed by atoms with Crippen molar-refractivity contribution in [3.63, 3.8) is 0 Å². The fraction of sp³-hybridized carbons (Fsp3) is 0.467. The molecular formula is C15H18N2O2. The van der Waals surface area contributed by atoms with Gasteiger partial charge in [0.15, 0.2) is 0 Å². The summed E-state index contributed by atoms with van der Waals surface area (Å²) in [6.07, 6.45) is 3.58. The number of hydrogen-bond acceptors (Lipinski definition) is 2. The molecule has 3 rings (SSSR count). The Morgan fingerprint density at radius 1 is 1.21 bits per heavy atom. The lowest BCUT2D eigenvalue weighted by atomic mass is 10.0. The summed E-state index contributed by atoms with van der Waals surface area (Å²) < 4.78 is 1.81. The van der Waals surface area contributed by atoms with E-state index in [1.165, 1.54) is 0 Å². The van der Waals surface area contributed by atoms with Crippen molar-refractivity contribution >= 4 is 11.6 Å². The Morgan fingerprint density at radius 2 is 1.84 bits per heavy atom. The zero-order chi connectivity index (χ0) is 14.0. The van der Waals surface area contributed by atoms with E-state index in [2.05, 4.69) is 32.7 Å². The molecule has 19 heavy (non-hydrogen) atoms. The molecule has 4 nitrogen and oxygen atoms in total. The molecule has 0 aliphatic heterocycles. The molecule has 0 bridgehead atoms. The summed E-state index contributed by atoms with van der Waals surface area (Å²) >= 11 is 0. The van der Waals surface area contributed by atoms with E-state index in [4.69, 9.17) is 5.11 Å². The first kappa shape index (κ1) is 12.2. The quantitative estimate of drug-likeness (QED) is 0.900. The number of rotatable bonds is 2. The minimum atomic E-state index is -0.913. The third kappa shape index (κ3) is 1.52. The van der Waals surface area contributed by atoms with Gasteiger partial charge in [-0.1, -0.05) is 27.7 Å². The first-order chi connectivity index (χ1) is 8.75. The highest BCUT2D eigenvalue weighted by Gasteiger charge is 2.66. The molecule has 4 heteroatoms. The highest BCUT2D eigenvalue weighted by atomic mass is 16.4. The average Bonchev–Trinajstić information content (AvgIpc) is 2.62. The number of nitrogens with zero attached hydrogens (tertiary/aromatic N) is 2. The number of imidazole rings is 1. The molecule has 1 aliphatic rings. The van der Waals surface area contributed by atoms with Gasteiger partial charge < -0.3 is 9.51 Å². The van der Waals surface area contributed by atoms with Gasteiger partial charge in [-0.2, -0.15) is 0 Å². The van der Waals surface area contributed by atoms with Crippen LogP contribution in [0.5, 0.6) is 0 Å². The molecule has 1 fully saturated rings. The molecule has 1 saturated carbocycles. The second kappa shape index (κ2) is 3.38. The van der Waals surface area contributed by atoms with Crippen LogP contribution in [-0.2, 0) is 0 Å². The number of pyridine rings is 1. The maximum Gasteiger partial charge on any atom is 0.337 e. The van der Waals surface area contributed by atoms with Crippen molar-refractivity contribution in [3.8, 4) is 0 Å². The zero-order valence-corrected chi connectivity index (χ0v) is 11.6. The number of aromatic nitrogens is 2. The summed E-state index contributed by atoms with van der Waals surface area (Å²) in [5.41, 5.74) is 2.61. The fourth-order valence-electron chi connectivity index (χ4n) is 3.21. The molecule has 2 heterocycles. The van der Waals surface area contributed by atoms with Gasteiger partial charge in [-0.3, -0.25) is 0 Å². The van der Waals surface area contributed by atoms with Crippen LogP contribution in [-0.4, -0.2) is 20.5 Å². The van der Waals surface area contributed by atoms with Gasteiger partial charge in [-0.15, -0.1) is 0 Å². The Morgan fingerprint density at radius 3 is 2.37 bits per heavy atom. The number of carbonyl (C=O) groups is 1. The van der Waals surface area contributed by atoms with Crippen molar-refractivity contribution in [1.29, 1.82) is 0 Å². The number of carboxylic acids is 1. The molecule has 0 amide bonds. The van der Waals surface area contributed by atoms with Crippen molar-refractivity contribution in [2.24, 2.45) is 10.8 Å². The Bertz CT molecular complexity index is 669. The SMILES string of the molecule is CC1(C)C(c2cn3cc(C(=O)O)ccc3n2)C1(C)C. The minimum Gasteiger partial charge on any atom is -0.478 e. The van der Waals surface area contributed by atoms with Crippen molar-refractivity contribution in [3.05, 3.63) is 35.8 Å². The molecular weight excluding hydrogens is 240 g/mol. The zero-order valence-electron chi connectivity index (χ0n) is 11.6. The van der Waals surface area contributed by atoms with Crippen LogP contribution in [0.15, 0.2) is 24.5 Å². The summed E-state index contributed by atoms with van der Waals surface area (Å²) in [7, 11) is 0. The molecule has 100 valence electrons. The fourth-order valence-corrected chi connectivity index (χ4v) is 3.21. The Labute approximate surface area is 112 Å². The smallest absolute Gasteiger partial charge is 0.337 e. The van der Waals surface area contributed by atoms with E-state index < -0.39 is 5.97 Å². The van der Waals surface area contributed by atoms with Gasteiger partial charge in [0.05, 0.1) is 11.3 Å². The number of carboxylic acid groups (broad SMARTS) is 1. The summed E-state index contributed by atoms with van der Waals surface area (Å²) in [6.45, 7) is 9.02. The summed E-state index contributed by atoms with van der Waals surface area (Å²) in [5, 5.41) is 9.01. The van der Waals surface area contributed by atoms with Crippen LogP contribution in [0.3, 0.4) is 0 Å². The highest BCUT2D eigenvalue weighted by Crippen LogP contribution is 2.73. The second-order valence-corrected chi connectivity index (χ2v) is 6.53. The Hall–Kier alpha value is -1.84. The molecule has 0 atom stereocenters. The lowest BCUT2D eigenvalue weighted by molar-refractivity contribution is 0.0696. The van der Waals surface area contributed by atoms with E-state index in [0.717, 1.165) is 11.3 Å². The standard InChI is InChI=1S/C15H18N2O2/c1-14(2)12(15(14,3)4)10-8-17-7-9(13(18)19)5-6-11(17)16-10/h5-8,12H,1-4H3,(H,18,19). The monoisotopic (exact) mass is 258 g/mol. The summed E-state index contributed by atoms with van der Waals surface area (Å²) in [5.74, 6) is -0.489. The van der Waals surface area contributed by atoms with Crippen molar-refractivity contribution < 1.29 is 9.90 Å². The van der Waals surface area contributed by atoms with Gasteiger partial charge in [0.25, 0.3) is 0 Å². The molecule has 2 aromatic heterocycles. The molecule has 1 N–H and O–H groups in total. The normalized spacial score (nSPS) is 20.6. The average molecular weight is 258 g/mol. The second-order valence-electron chi connectivity index (χ2n) is 6.53. The Balaban J connectivity index is 2.07. The van der Waals surface area contributed by atoms with Gasteiger partial charge in [0.2, 0.25) is 0 Å². The van der Waals surface area contributed by atoms with Crippen LogP contribution in [0.1, 0.15) is 49.7 Å². The molecule has 2 aromatic rings. The number of fused-ring (bicyclic) bond motifs is 1. The van der Waals surface area contributed by atoms with Crippen LogP contribution in [0.4, 0.5) is 0 Å². The van der Waals surface area contributed by atoms with Gasteiger partial charge in [-0.25, -0.2) is 9.78 Å². The van der Waals surface area contributed by atoms with Crippen LogP contribution in [0.2, 0.25) is 0 Å². The third-order valence-corrected chi connectivity index (χ3v) is 5.03. The summed E-state index contributed by atoms with van der Waals surface area (Å²) in [6, 6.07) is 3.35. The molecule has 0 radical (unpaired) electrons. The van der Waals surface area contributed by atoms with Gasteiger partial charge in [-0.05, 0) is 23.0 Å². The first-order valence-electron chi connectivity index (χ1n) is 6.47. The van der Waals surface area contributed by atoms with Gasteiger partial charge in [0.1, 0.15) is 5.65 Å². The van der Waals surface area contributed by atoms with Crippen molar-refractivity contribution in [1.82, 2.24) is 9.38 Å². The van der Waals surface area contributed by atoms with E-state index >= 15 is 0 Å². The lowest BCUT2D eigenvalue weighted by Crippen LogP contribution is -1.97. The molecule has 0 spiro atoms. The van der Waals surface area contributed by atoms with Crippen LogP contribution >= 0.6 is 0 Å². The predicted octanol–water partition coefficient (Wildman–Crippen LogP) is 3.18. The van der Waals surface area contributed by atoms with Crippen molar-refractivity contribution in [2.75, 3.05) is 0 Å². The van der Waals surface area contributed by atoms with Crippen LogP contribution in [0.25, 0.3) is 5.65 Å². The van der Waals surface area contributed by atoms with E-state index in [1.54, 1.807) is 18.3 Å². The lowest BCUT2D eigenvalue weighted by Gasteiger charge is -2.03. The van der Waals surface area contributed by atoms with E-state index in [-0.39, 0.29) is 16.4 Å². The first-order valence-corrected chi connectivity index (χ1v) is 6.47. The predicted molar refractivity (Wildman–Crippen MR) is 72.5 cm³/mol. The molecule has 0 unspecified atom stereocenters. The van der Waals surface area contributed by atoms with E-state index in [1.807, 2.05) is 10.6 Å². The van der Waals surface area contributed by atoms with Crippen LogP contribution in [0, 0.1) is 10.8 Å². The maximum atomic E-state index is 11.0. The molecule has 0 aromatic carbocycles. The third-order valence-electron chi connectivity index (χ3n) is 5.03. The largest absolute Gasteiger partial charge is 0.478 e. The molecule has 1 aliphatic carbocycles. The number of hydrogen-bond donors (Lipinski definition) is 1. The van der Waals surface area contributed by atoms with Gasteiger partial charge >= 0.3 is 5.97 Å². The molecule has 0 saturated heterocycles. The number of aromatic carboxylic acids is 1. The summed E-state index contributed by atoms with van der Waals surface area (Å²) in [4.78, 5) is 15.6. The topological polar surface area (TPSA) is 54.6 Å². The Kier molecular flexibility index (Phi) is 2.17. The van der Waals surface area contributed by atoms with E-state index in [0.29, 0.717) is 5.92 Å². The van der Waals surface area contributed by atoms with Crippen molar-refractivity contribution in [2.45, 2.75) is 33.6 Å². The maximum absolute atomic E-state index is 11.0. The highest BCUT2D eigenvalue weighted by molar-refractivity contribution is 5.87. The van der Waals surface area contributed by atoms with Gasteiger partial charge in [0, 0.05) is 18.3 Å². The van der Waals surface area contributed by atoms with E-state index in [9.17, 15) is 4.79 Å². The minimum absolute atomic E-state index is 0.237.